The molecule has 0 radical (unpaired) electrons. The first-order valence-corrected chi connectivity index (χ1v) is 6.32. The van der Waals surface area contributed by atoms with Crippen LogP contribution in [-0.4, -0.2) is 12.6 Å². The number of rotatable bonds is 4. The van der Waals surface area contributed by atoms with E-state index in [4.69, 9.17) is 0 Å². The maximum Gasteiger partial charge on any atom is 0.0345 e. The number of fused-ring (bicyclic) bond motifs is 1. The zero-order valence-electron chi connectivity index (χ0n) is 9.29. The van der Waals surface area contributed by atoms with Gasteiger partial charge in [0.05, 0.1) is 0 Å². The second-order valence-electron chi connectivity index (χ2n) is 3.91. The van der Waals surface area contributed by atoms with Gasteiger partial charge in [-0.2, -0.15) is 0 Å². The van der Waals surface area contributed by atoms with Gasteiger partial charge in [-0.3, -0.25) is 0 Å². The number of thiophene rings is 1. The molecule has 2 rings (SSSR count). The van der Waals surface area contributed by atoms with Crippen LogP contribution in [-0.2, 0) is 6.42 Å². The highest BCUT2D eigenvalue weighted by molar-refractivity contribution is 7.19. The van der Waals surface area contributed by atoms with Crippen LogP contribution >= 0.6 is 11.3 Å². The molecule has 1 heterocycles. The average Bonchev–Trinajstić information content (AvgIpc) is 2.59. The fourth-order valence-electron chi connectivity index (χ4n) is 1.86. The lowest BCUT2D eigenvalue weighted by molar-refractivity contribution is 0.569. The molecule has 0 saturated carbocycles. The van der Waals surface area contributed by atoms with E-state index in [9.17, 15) is 0 Å². The number of nitrogens with one attached hydrogen (secondary N) is 1. The summed E-state index contributed by atoms with van der Waals surface area (Å²) < 4.78 is 1.40. The number of hydrogen-bond donors (Lipinski definition) is 1. The molecular weight excluding hydrogens is 202 g/mol. The average molecular weight is 219 g/mol. The van der Waals surface area contributed by atoms with Crippen molar-refractivity contribution in [3.8, 4) is 0 Å². The maximum absolute atomic E-state index is 3.44. The molecule has 1 atom stereocenters. The lowest BCUT2D eigenvalue weighted by atomic mass is 10.2. The Balaban J connectivity index is 2.15. The summed E-state index contributed by atoms with van der Waals surface area (Å²) in [4.78, 5) is 1.48. The molecule has 0 spiro atoms. The maximum atomic E-state index is 3.44. The van der Waals surface area contributed by atoms with Gasteiger partial charge in [-0.1, -0.05) is 25.1 Å². The predicted molar refractivity (Wildman–Crippen MR) is 68.7 cm³/mol. The Morgan fingerprint density at radius 2 is 2.13 bits per heavy atom. The standard InChI is InChI=1S/C13H17NS/c1-3-14-10(2)8-12-9-11-6-4-5-7-13(11)15-12/h4-7,9-10,14H,3,8H2,1-2H3. The van der Waals surface area contributed by atoms with Gasteiger partial charge in [0, 0.05) is 15.6 Å². The van der Waals surface area contributed by atoms with Crippen molar-refractivity contribution in [3.63, 3.8) is 0 Å². The van der Waals surface area contributed by atoms with E-state index in [2.05, 4.69) is 49.5 Å². The van der Waals surface area contributed by atoms with Crippen molar-refractivity contribution in [1.29, 1.82) is 0 Å². The monoisotopic (exact) mass is 219 g/mol. The smallest absolute Gasteiger partial charge is 0.0345 e. The predicted octanol–water partition coefficient (Wildman–Crippen LogP) is 3.44. The van der Waals surface area contributed by atoms with E-state index in [0.29, 0.717) is 6.04 Å². The summed E-state index contributed by atoms with van der Waals surface area (Å²) in [5.74, 6) is 0. The molecule has 0 amide bonds. The van der Waals surface area contributed by atoms with Gasteiger partial charge in [-0.15, -0.1) is 11.3 Å². The third kappa shape index (κ3) is 2.58. The van der Waals surface area contributed by atoms with E-state index in [-0.39, 0.29) is 0 Å². The van der Waals surface area contributed by atoms with Crippen molar-refractivity contribution < 1.29 is 0 Å². The van der Waals surface area contributed by atoms with Crippen LogP contribution in [0.15, 0.2) is 30.3 Å². The van der Waals surface area contributed by atoms with Gasteiger partial charge < -0.3 is 5.32 Å². The second-order valence-corrected chi connectivity index (χ2v) is 5.08. The summed E-state index contributed by atoms with van der Waals surface area (Å²) in [6, 6.07) is 11.5. The first-order valence-electron chi connectivity index (χ1n) is 5.50. The second kappa shape index (κ2) is 4.77. The first kappa shape index (κ1) is 10.7. The van der Waals surface area contributed by atoms with Crippen LogP contribution in [0.1, 0.15) is 18.7 Å². The molecule has 0 aliphatic heterocycles. The molecule has 15 heavy (non-hydrogen) atoms. The largest absolute Gasteiger partial charge is 0.314 e. The Bertz CT molecular complexity index is 400. The van der Waals surface area contributed by atoms with Crippen molar-refractivity contribution in [2.45, 2.75) is 26.3 Å². The van der Waals surface area contributed by atoms with Gasteiger partial charge in [-0.25, -0.2) is 0 Å². The number of likely N-dealkylation sites (N-methyl/N-ethyl adjacent to an activating group) is 1. The van der Waals surface area contributed by atoms with Gasteiger partial charge in [-0.05, 0) is 37.4 Å². The minimum Gasteiger partial charge on any atom is -0.314 e. The molecule has 0 saturated heterocycles. The van der Waals surface area contributed by atoms with E-state index in [1.807, 2.05) is 11.3 Å². The van der Waals surface area contributed by atoms with Crippen molar-refractivity contribution in [3.05, 3.63) is 35.2 Å². The van der Waals surface area contributed by atoms with Crippen LogP contribution in [0.2, 0.25) is 0 Å². The quantitative estimate of drug-likeness (QED) is 0.830. The lowest BCUT2D eigenvalue weighted by Crippen LogP contribution is -2.27. The van der Waals surface area contributed by atoms with E-state index >= 15 is 0 Å². The molecule has 1 N–H and O–H groups in total. The summed E-state index contributed by atoms with van der Waals surface area (Å²) in [7, 11) is 0. The summed E-state index contributed by atoms with van der Waals surface area (Å²) in [6.45, 7) is 5.45. The van der Waals surface area contributed by atoms with Gasteiger partial charge in [0.2, 0.25) is 0 Å². The molecule has 2 heteroatoms. The van der Waals surface area contributed by atoms with E-state index in [0.717, 1.165) is 13.0 Å². The fourth-order valence-corrected chi connectivity index (χ4v) is 3.05. The molecule has 1 aromatic carbocycles. The fraction of sp³-hybridized carbons (Fsp3) is 0.385. The highest BCUT2D eigenvalue weighted by atomic mass is 32.1. The zero-order valence-corrected chi connectivity index (χ0v) is 10.1. The minimum atomic E-state index is 0.572. The number of benzene rings is 1. The molecular formula is C13H17NS. The summed E-state index contributed by atoms with van der Waals surface area (Å²) in [5, 5.41) is 4.82. The van der Waals surface area contributed by atoms with Crippen LogP contribution in [0, 0.1) is 0 Å². The topological polar surface area (TPSA) is 12.0 Å². The van der Waals surface area contributed by atoms with Gasteiger partial charge in [0.1, 0.15) is 0 Å². The van der Waals surface area contributed by atoms with E-state index < -0.39 is 0 Å². The summed E-state index contributed by atoms with van der Waals surface area (Å²) in [6.07, 6.45) is 1.13. The van der Waals surface area contributed by atoms with Gasteiger partial charge in [0.15, 0.2) is 0 Å². The Kier molecular flexibility index (Phi) is 3.39. The van der Waals surface area contributed by atoms with E-state index in [1.54, 1.807) is 0 Å². The Hall–Kier alpha value is -0.860. The minimum absolute atomic E-state index is 0.572. The Labute approximate surface area is 95.1 Å². The van der Waals surface area contributed by atoms with Crippen molar-refractivity contribution >= 4 is 21.4 Å². The third-order valence-corrected chi connectivity index (χ3v) is 3.67. The summed E-state index contributed by atoms with van der Waals surface area (Å²) in [5.41, 5.74) is 0. The molecule has 80 valence electrons. The van der Waals surface area contributed by atoms with Gasteiger partial charge >= 0.3 is 0 Å². The molecule has 1 unspecified atom stereocenters. The Morgan fingerprint density at radius 1 is 1.33 bits per heavy atom. The Morgan fingerprint density at radius 3 is 2.87 bits per heavy atom. The van der Waals surface area contributed by atoms with Gasteiger partial charge in [0.25, 0.3) is 0 Å². The molecule has 1 aromatic heterocycles. The first-order chi connectivity index (χ1) is 7.29. The molecule has 0 aliphatic carbocycles. The van der Waals surface area contributed by atoms with Crippen LogP contribution in [0.25, 0.3) is 10.1 Å². The molecule has 0 fully saturated rings. The van der Waals surface area contributed by atoms with Crippen molar-refractivity contribution in [2.24, 2.45) is 0 Å². The number of hydrogen-bond acceptors (Lipinski definition) is 2. The third-order valence-electron chi connectivity index (χ3n) is 2.54. The molecule has 0 bridgehead atoms. The van der Waals surface area contributed by atoms with Crippen molar-refractivity contribution in [2.75, 3.05) is 6.54 Å². The summed E-state index contributed by atoms with van der Waals surface area (Å²) >= 11 is 1.91. The van der Waals surface area contributed by atoms with Crippen molar-refractivity contribution in [1.82, 2.24) is 5.32 Å². The lowest BCUT2D eigenvalue weighted by Gasteiger charge is -2.09. The zero-order chi connectivity index (χ0) is 10.7. The van der Waals surface area contributed by atoms with Crippen LogP contribution in [0.4, 0.5) is 0 Å². The van der Waals surface area contributed by atoms with Crippen LogP contribution in [0.3, 0.4) is 0 Å². The highest BCUT2D eigenvalue weighted by Gasteiger charge is 2.05. The highest BCUT2D eigenvalue weighted by Crippen LogP contribution is 2.25. The molecule has 1 nitrogen and oxygen atoms in total. The SMILES string of the molecule is CCNC(C)Cc1cc2ccccc2s1. The molecule has 0 aliphatic rings. The van der Waals surface area contributed by atoms with E-state index in [1.165, 1.54) is 15.0 Å². The normalized spacial score (nSPS) is 13.2. The van der Waals surface area contributed by atoms with Crippen LogP contribution < -0.4 is 5.32 Å². The molecule has 2 aromatic rings. The van der Waals surface area contributed by atoms with Crippen LogP contribution in [0.5, 0.6) is 0 Å².